The molecule has 1 aromatic carbocycles. The van der Waals surface area contributed by atoms with Crippen LogP contribution in [-0.4, -0.2) is 13.7 Å². The molecule has 1 aliphatic rings. The van der Waals surface area contributed by atoms with Gasteiger partial charge < -0.3 is 10.1 Å². The fraction of sp³-hybridized carbons (Fsp3) is 0.600. The summed E-state index contributed by atoms with van der Waals surface area (Å²) in [6.07, 6.45) is 3.71. The number of ether oxygens (including phenoxy) is 1. The van der Waals surface area contributed by atoms with Gasteiger partial charge in [-0.15, -0.1) is 0 Å². The van der Waals surface area contributed by atoms with Crippen LogP contribution >= 0.6 is 0 Å². The van der Waals surface area contributed by atoms with Gasteiger partial charge in [0, 0.05) is 6.04 Å². The summed E-state index contributed by atoms with van der Waals surface area (Å²) < 4.78 is 5.60. The Hall–Kier alpha value is -1.02. The highest BCUT2D eigenvalue weighted by Crippen LogP contribution is 2.54. The van der Waals surface area contributed by atoms with Crippen molar-refractivity contribution >= 4 is 0 Å². The molecule has 1 saturated carbocycles. The molecule has 2 heteroatoms. The van der Waals surface area contributed by atoms with E-state index in [4.69, 9.17) is 4.74 Å². The maximum absolute atomic E-state index is 5.60. The maximum atomic E-state index is 5.60. The molecule has 1 unspecified atom stereocenters. The predicted molar refractivity (Wildman–Crippen MR) is 71.4 cm³/mol. The number of nitrogens with one attached hydrogen (secondary N) is 1. The minimum absolute atomic E-state index is 0.459. The molecule has 0 bridgehead atoms. The molecule has 17 heavy (non-hydrogen) atoms. The molecule has 2 rings (SSSR count). The first-order valence-electron chi connectivity index (χ1n) is 6.59. The van der Waals surface area contributed by atoms with Gasteiger partial charge in [0.15, 0.2) is 0 Å². The highest BCUT2D eigenvalue weighted by atomic mass is 16.5. The molecule has 2 nitrogen and oxygen atoms in total. The molecule has 1 aromatic rings. The lowest BCUT2D eigenvalue weighted by atomic mass is 9.92. The highest BCUT2D eigenvalue weighted by molar-refractivity contribution is 5.31. The van der Waals surface area contributed by atoms with Crippen LogP contribution in [0.1, 0.15) is 44.7 Å². The van der Waals surface area contributed by atoms with Crippen molar-refractivity contribution in [3.05, 3.63) is 29.8 Å². The molecular formula is C15H23NO. The number of benzene rings is 1. The van der Waals surface area contributed by atoms with Gasteiger partial charge in [-0.3, -0.25) is 0 Å². The summed E-state index contributed by atoms with van der Waals surface area (Å²) in [4.78, 5) is 0. The third-order valence-electron chi connectivity index (χ3n) is 3.71. The van der Waals surface area contributed by atoms with Crippen LogP contribution in [0, 0.1) is 5.41 Å². The Kier molecular flexibility index (Phi) is 3.72. The molecule has 0 heterocycles. The molecular weight excluding hydrogens is 210 g/mol. The standard InChI is InChI=1S/C15H23NO/c1-4-11-17-13-7-5-12(6-8-13)14(16-3)15(2)9-10-15/h5-8,14,16H,4,9-11H2,1-3H3. The van der Waals surface area contributed by atoms with Gasteiger partial charge in [0.05, 0.1) is 6.61 Å². The molecule has 0 radical (unpaired) electrons. The van der Waals surface area contributed by atoms with E-state index in [2.05, 4.69) is 50.5 Å². The van der Waals surface area contributed by atoms with Crippen LogP contribution < -0.4 is 10.1 Å². The van der Waals surface area contributed by atoms with Crippen LogP contribution in [0.15, 0.2) is 24.3 Å². The summed E-state index contributed by atoms with van der Waals surface area (Å²) in [7, 11) is 2.05. The zero-order chi connectivity index (χ0) is 12.3. The summed E-state index contributed by atoms with van der Waals surface area (Å²) >= 11 is 0. The Balaban J connectivity index is 2.06. The second-order valence-corrected chi connectivity index (χ2v) is 5.29. The minimum Gasteiger partial charge on any atom is -0.494 e. The van der Waals surface area contributed by atoms with Crippen molar-refractivity contribution in [3.63, 3.8) is 0 Å². The van der Waals surface area contributed by atoms with E-state index >= 15 is 0 Å². The van der Waals surface area contributed by atoms with Gasteiger partial charge in [0.2, 0.25) is 0 Å². The monoisotopic (exact) mass is 233 g/mol. The summed E-state index contributed by atoms with van der Waals surface area (Å²) in [6, 6.07) is 9.02. The van der Waals surface area contributed by atoms with Gasteiger partial charge in [0.25, 0.3) is 0 Å². The molecule has 0 aromatic heterocycles. The van der Waals surface area contributed by atoms with Crippen LogP contribution in [0.25, 0.3) is 0 Å². The van der Waals surface area contributed by atoms with Crippen molar-refractivity contribution in [1.29, 1.82) is 0 Å². The Bertz CT molecular complexity index is 354. The number of hydrogen-bond acceptors (Lipinski definition) is 2. The Morgan fingerprint density at radius 1 is 1.29 bits per heavy atom. The van der Waals surface area contributed by atoms with E-state index in [0.717, 1.165) is 18.8 Å². The van der Waals surface area contributed by atoms with Gasteiger partial charge in [-0.1, -0.05) is 26.0 Å². The molecule has 0 aliphatic heterocycles. The molecule has 1 aliphatic carbocycles. The zero-order valence-corrected chi connectivity index (χ0v) is 11.1. The third-order valence-corrected chi connectivity index (χ3v) is 3.71. The minimum atomic E-state index is 0.459. The normalized spacial score (nSPS) is 18.8. The second-order valence-electron chi connectivity index (χ2n) is 5.29. The van der Waals surface area contributed by atoms with E-state index in [-0.39, 0.29) is 0 Å². The highest BCUT2D eigenvalue weighted by Gasteiger charge is 2.44. The van der Waals surface area contributed by atoms with Crippen molar-refractivity contribution in [1.82, 2.24) is 5.32 Å². The predicted octanol–water partition coefficient (Wildman–Crippen LogP) is 3.54. The lowest BCUT2D eigenvalue weighted by Crippen LogP contribution is -2.24. The van der Waals surface area contributed by atoms with Gasteiger partial charge in [-0.05, 0) is 49.4 Å². The summed E-state index contributed by atoms with van der Waals surface area (Å²) in [5, 5.41) is 3.44. The molecule has 1 N–H and O–H groups in total. The van der Waals surface area contributed by atoms with E-state index in [0.29, 0.717) is 11.5 Å². The fourth-order valence-corrected chi connectivity index (χ4v) is 2.38. The van der Waals surface area contributed by atoms with E-state index in [9.17, 15) is 0 Å². The Morgan fingerprint density at radius 3 is 2.41 bits per heavy atom. The van der Waals surface area contributed by atoms with Crippen LogP contribution in [-0.2, 0) is 0 Å². The van der Waals surface area contributed by atoms with Crippen LogP contribution in [0.2, 0.25) is 0 Å². The lowest BCUT2D eigenvalue weighted by molar-refractivity contribution is 0.317. The Labute approximate surface area is 104 Å². The number of rotatable bonds is 6. The van der Waals surface area contributed by atoms with Crippen molar-refractivity contribution in [2.75, 3.05) is 13.7 Å². The van der Waals surface area contributed by atoms with E-state index in [1.807, 2.05) is 0 Å². The fourth-order valence-electron chi connectivity index (χ4n) is 2.38. The second kappa shape index (κ2) is 5.09. The lowest BCUT2D eigenvalue weighted by Gasteiger charge is -2.23. The molecule has 0 spiro atoms. The van der Waals surface area contributed by atoms with Gasteiger partial charge >= 0.3 is 0 Å². The first-order valence-corrected chi connectivity index (χ1v) is 6.59. The molecule has 1 fully saturated rings. The average Bonchev–Trinajstić information content (AvgIpc) is 3.08. The molecule has 0 saturated heterocycles. The zero-order valence-electron chi connectivity index (χ0n) is 11.1. The van der Waals surface area contributed by atoms with Crippen LogP contribution in [0.4, 0.5) is 0 Å². The van der Waals surface area contributed by atoms with Crippen molar-refractivity contribution in [2.45, 2.75) is 39.2 Å². The number of hydrogen-bond donors (Lipinski definition) is 1. The van der Waals surface area contributed by atoms with Gasteiger partial charge in [-0.2, -0.15) is 0 Å². The summed E-state index contributed by atoms with van der Waals surface area (Å²) in [5.41, 5.74) is 1.83. The SMILES string of the molecule is CCCOc1ccc(C(NC)C2(C)CC2)cc1. The molecule has 94 valence electrons. The van der Waals surface area contributed by atoms with Crippen molar-refractivity contribution in [3.8, 4) is 5.75 Å². The topological polar surface area (TPSA) is 21.3 Å². The summed E-state index contributed by atoms with van der Waals surface area (Å²) in [6.45, 7) is 5.28. The maximum Gasteiger partial charge on any atom is 0.119 e. The van der Waals surface area contributed by atoms with Crippen molar-refractivity contribution in [2.24, 2.45) is 5.41 Å². The summed E-state index contributed by atoms with van der Waals surface area (Å²) in [5.74, 6) is 0.978. The van der Waals surface area contributed by atoms with E-state index < -0.39 is 0 Å². The first kappa shape index (κ1) is 12.4. The average molecular weight is 233 g/mol. The molecule has 0 amide bonds. The Morgan fingerprint density at radius 2 is 1.94 bits per heavy atom. The van der Waals surface area contributed by atoms with E-state index in [1.54, 1.807) is 0 Å². The smallest absolute Gasteiger partial charge is 0.119 e. The van der Waals surface area contributed by atoms with E-state index in [1.165, 1.54) is 18.4 Å². The van der Waals surface area contributed by atoms with Gasteiger partial charge in [-0.25, -0.2) is 0 Å². The van der Waals surface area contributed by atoms with Gasteiger partial charge in [0.1, 0.15) is 5.75 Å². The largest absolute Gasteiger partial charge is 0.494 e. The molecule has 1 atom stereocenters. The third kappa shape index (κ3) is 2.81. The quantitative estimate of drug-likeness (QED) is 0.811. The van der Waals surface area contributed by atoms with Crippen LogP contribution in [0.3, 0.4) is 0 Å². The first-order chi connectivity index (χ1) is 8.19. The van der Waals surface area contributed by atoms with Crippen LogP contribution in [0.5, 0.6) is 5.75 Å². The van der Waals surface area contributed by atoms with Crippen molar-refractivity contribution < 1.29 is 4.74 Å².